The molecule has 0 bridgehead atoms. The summed E-state index contributed by atoms with van der Waals surface area (Å²) in [7, 11) is -0.968. The number of hydrogen-bond acceptors (Lipinski definition) is 2. The Bertz CT molecular complexity index is 359. The quantitative estimate of drug-likeness (QED) is 0.853. The minimum Gasteiger partial charge on any atom is -0.329 e. The van der Waals surface area contributed by atoms with E-state index in [9.17, 15) is 4.21 Å². The van der Waals surface area contributed by atoms with Crippen molar-refractivity contribution in [1.82, 2.24) is 0 Å². The molecule has 2 nitrogen and oxygen atoms in total. The Morgan fingerprint density at radius 1 is 1.40 bits per heavy atom. The van der Waals surface area contributed by atoms with E-state index in [0.29, 0.717) is 6.54 Å². The van der Waals surface area contributed by atoms with Gasteiger partial charge in [-0.3, -0.25) is 4.21 Å². The second kappa shape index (κ2) is 5.42. The van der Waals surface area contributed by atoms with Crippen molar-refractivity contribution in [2.24, 2.45) is 5.73 Å². The molecule has 0 fully saturated rings. The van der Waals surface area contributed by atoms with Crippen molar-refractivity contribution in [1.29, 1.82) is 0 Å². The molecule has 0 radical (unpaired) electrons. The van der Waals surface area contributed by atoms with Gasteiger partial charge in [-0.15, -0.1) is 0 Å². The van der Waals surface area contributed by atoms with Gasteiger partial charge in [-0.25, -0.2) is 0 Å². The Morgan fingerprint density at radius 2 is 2.07 bits per heavy atom. The predicted molar refractivity (Wildman–Crippen MR) is 65.5 cm³/mol. The van der Waals surface area contributed by atoms with E-state index >= 15 is 0 Å². The van der Waals surface area contributed by atoms with Crippen LogP contribution in [0.4, 0.5) is 0 Å². The molecular formula is C12H19NOS. The summed E-state index contributed by atoms with van der Waals surface area (Å²) in [5, 5.41) is 0.0745. The lowest BCUT2D eigenvalue weighted by Gasteiger charge is -2.14. The minimum absolute atomic E-state index is 0.0745. The highest BCUT2D eigenvalue weighted by molar-refractivity contribution is 7.85. The van der Waals surface area contributed by atoms with Gasteiger partial charge in [0.1, 0.15) is 0 Å². The van der Waals surface area contributed by atoms with Gasteiger partial charge in [-0.1, -0.05) is 19.1 Å². The van der Waals surface area contributed by atoms with Gasteiger partial charge < -0.3 is 5.73 Å². The first-order valence-corrected chi connectivity index (χ1v) is 6.49. The molecule has 1 aromatic rings. The minimum atomic E-state index is -0.968. The predicted octanol–water partition coefficient (Wildman–Crippen LogP) is 2.15. The molecule has 3 heteroatoms. The summed E-state index contributed by atoms with van der Waals surface area (Å²) in [6.45, 7) is 6.52. The van der Waals surface area contributed by atoms with Crippen LogP contribution in [0.15, 0.2) is 23.1 Å². The third kappa shape index (κ3) is 2.89. The monoisotopic (exact) mass is 225 g/mol. The Kier molecular flexibility index (Phi) is 4.48. The first-order valence-electron chi connectivity index (χ1n) is 5.28. The van der Waals surface area contributed by atoms with Crippen molar-refractivity contribution >= 4 is 10.8 Å². The fourth-order valence-electron chi connectivity index (χ4n) is 1.51. The van der Waals surface area contributed by atoms with Crippen molar-refractivity contribution in [3.63, 3.8) is 0 Å². The summed E-state index contributed by atoms with van der Waals surface area (Å²) >= 11 is 0. The summed E-state index contributed by atoms with van der Waals surface area (Å²) < 4.78 is 12.2. The van der Waals surface area contributed by atoms with Crippen LogP contribution in [0.5, 0.6) is 0 Å². The standard InChI is InChI=1S/C12H19NOS/c1-4-11(8-13)15(14)12-7-9(2)5-6-10(12)3/h5-7,11H,4,8,13H2,1-3H3. The van der Waals surface area contributed by atoms with Gasteiger partial charge in [0.15, 0.2) is 0 Å². The molecule has 0 aliphatic rings. The van der Waals surface area contributed by atoms with E-state index in [1.807, 2.05) is 39.0 Å². The van der Waals surface area contributed by atoms with Crippen LogP contribution < -0.4 is 5.73 Å². The summed E-state index contributed by atoms with van der Waals surface area (Å²) in [6, 6.07) is 6.06. The normalized spacial score (nSPS) is 14.9. The van der Waals surface area contributed by atoms with Crippen molar-refractivity contribution in [2.45, 2.75) is 37.3 Å². The van der Waals surface area contributed by atoms with E-state index < -0.39 is 10.8 Å². The second-order valence-electron chi connectivity index (χ2n) is 3.83. The molecular weight excluding hydrogens is 206 g/mol. The van der Waals surface area contributed by atoms with Gasteiger partial charge in [0, 0.05) is 11.4 Å². The van der Waals surface area contributed by atoms with E-state index in [-0.39, 0.29) is 5.25 Å². The maximum Gasteiger partial charge on any atom is 0.0576 e. The number of benzene rings is 1. The van der Waals surface area contributed by atoms with Gasteiger partial charge in [-0.2, -0.15) is 0 Å². The fraction of sp³-hybridized carbons (Fsp3) is 0.500. The lowest BCUT2D eigenvalue weighted by molar-refractivity contribution is 0.663. The first kappa shape index (κ1) is 12.4. The molecule has 0 amide bonds. The van der Waals surface area contributed by atoms with Crippen LogP contribution in [0.1, 0.15) is 24.5 Å². The molecule has 1 aromatic carbocycles. The summed E-state index contributed by atoms with van der Waals surface area (Å²) in [5.74, 6) is 0. The second-order valence-corrected chi connectivity index (χ2v) is 5.53. The molecule has 2 unspecified atom stereocenters. The highest BCUT2D eigenvalue weighted by atomic mass is 32.2. The van der Waals surface area contributed by atoms with E-state index in [1.165, 1.54) is 0 Å². The largest absolute Gasteiger partial charge is 0.329 e. The van der Waals surface area contributed by atoms with Crippen LogP contribution in [-0.2, 0) is 10.8 Å². The molecule has 15 heavy (non-hydrogen) atoms. The maximum atomic E-state index is 12.2. The van der Waals surface area contributed by atoms with Gasteiger partial charge >= 0.3 is 0 Å². The fourth-order valence-corrected chi connectivity index (χ4v) is 3.03. The molecule has 0 saturated heterocycles. The van der Waals surface area contributed by atoms with Crippen LogP contribution >= 0.6 is 0 Å². The zero-order chi connectivity index (χ0) is 11.4. The Hall–Kier alpha value is -0.670. The van der Waals surface area contributed by atoms with Gasteiger partial charge in [0.2, 0.25) is 0 Å². The molecule has 0 spiro atoms. The number of rotatable bonds is 4. The van der Waals surface area contributed by atoms with E-state index in [1.54, 1.807) is 0 Å². The lowest BCUT2D eigenvalue weighted by atomic mass is 10.2. The molecule has 0 saturated carbocycles. The maximum absolute atomic E-state index is 12.2. The number of hydrogen-bond donors (Lipinski definition) is 1. The Labute approximate surface area is 94.3 Å². The molecule has 0 aromatic heterocycles. The lowest BCUT2D eigenvalue weighted by Crippen LogP contribution is -2.25. The van der Waals surface area contributed by atoms with Crippen LogP contribution in [0.2, 0.25) is 0 Å². The van der Waals surface area contributed by atoms with Crippen LogP contribution in [0.25, 0.3) is 0 Å². The van der Waals surface area contributed by atoms with Crippen LogP contribution in [-0.4, -0.2) is 16.0 Å². The average Bonchev–Trinajstić information content (AvgIpc) is 2.23. The molecule has 0 aliphatic heterocycles. The van der Waals surface area contributed by atoms with E-state index in [4.69, 9.17) is 5.73 Å². The third-order valence-corrected chi connectivity index (χ3v) is 4.59. The molecule has 2 atom stereocenters. The van der Waals surface area contributed by atoms with Crippen molar-refractivity contribution in [3.05, 3.63) is 29.3 Å². The highest BCUT2D eigenvalue weighted by Gasteiger charge is 2.16. The summed E-state index contributed by atoms with van der Waals surface area (Å²) in [4.78, 5) is 0.937. The molecule has 2 N–H and O–H groups in total. The smallest absolute Gasteiger partial charge is 0.0576 e. The Morgan fingerprint density at radius 3 is 2.60 bits per heavy atom. The van der Waals surface area contributed by atoms with E-state index in [0.717, 1.165) is 22.4 Å². The highest BCUT2D eigenvalue weighted by Crippen LogP contribution is 2.19. The van der Waals surface area contributed by atoms with Crippen molar-refractivity contribution in [3.8, 4) is 0 Å². The average molecular weight is 225 g/mol. The van der Waals surface area contributed by atoms with Crippen molar-refractivity contribution < 1.29 is 4.21 Å². The molecule has 0 heterocycles. The summed E-state index contributed by atoms with van der Waals surface area (Å²) in [5.41, 5.74) is 7.85. The zero-order valence-corrected chi connectivity index (χ0v) is 10.4. The van der Waals surface area contributed by atoms with Gasteiger partial charge in [0.25, 0.3) is 0 Å². The number of nitrogens with two attached hydrogens (primary N) is 1. The van der Waals surface area contributed by atoms with Gasteiger partial charge in [0.05, 0.1) is 16.0 Å². The molecule has 84 valence electrons. The van der Waals surface area contributed by atoms with Gasteiger partial charge in [-0.05, 0) is 37.5 Å². The van der Waals surface area contributed by atoms with Crippen LogP contribution in [0, 0.1) is 13.8 Å². The zero-order valence-electron chi connectivity index (χ0n) is 9.62. The SMILES string of the molecule is CCC(CN)S(=O)c1cc(C)ccc1C. The molecule has 0 aliphatic carbocycles. The number of aryl methyl sites for hydroxylation is 2. The summed E-state index contributed by atoms with van der Waals surface area (Å²) in [6.07, 6.45) is 0.858. The first-order chi connectivity index (χ1) is 7.10. The van der Waals surface area contributed by atoms with E-state index in [2.05, 4.69) is 0 Å². The topological polar surface area (TPSA) is 43.1 Å². The van der Waals surface area contributed by atoms with Crippen LogP contribution in [0.3, 0.4) is 0 Å². The molecule has 1 rings (SSSR count). The Balaban J connectivity index is 3.04. The van der Waals surface area contributed by atoms with Crippen molar-refractivity contribution in [2.75, 3.05) is 6.54 Å². The third-order valence-electron chi connectivity index (χ3n) is 2.58.